The fourth-order valence-electron chi connectivity index (χ4n) is 4.29. The molecule has 0 amide bonds. The van der Waals surface area contributed by atoms with Gasteiger partial charge >= 0.3 is 12.1 Å². The summed E-state index contributed by atoms with van der Waals surface area (Å²) in [6, 6.07) is 1.72. The summed E-state index contributed by atoms with van der Waals surface area (Å²) in [5.41, 5.74) is 1.04. The smallest absolute Gasteiger partial charge is 0.452 e. The van der Waals surface area contributed by atoms with E-state index >= 15 is 0 Å². The minimum atomic E-state index is -4.65. The molecule has 0 saturated heterocycles. The second kappa shape index (κ2) is 10.9. The molecule has 0 aromatic carbocycles. The molecule has 2 atom stereocenters. The van der Waals surface area contributed by atoms with Crippen molar-refractivity contribution in [1.29, 1.82) is 0 Å². The van der Waals surface area contributed by atoms with Gasteiger partial charge in [0.25, 0.3) is 0 Å². The van der Waals surface area contributed by atoms with Crippen molar-refractivity contribution < 1.29 is 28.2 Å². The summed E-state index contributed by atoms with van der Waals surface area (Å²) in [5, 5.41) is 25.3. The monoisotopic (exact) mass is 501 g/mol. The van der Waals surface area contributed by atoms with Crippen molar-refractivity contribution in [3.63, 3.8) is 0 Å². The number of aliphatic hydroxyl groups is 1. The van der Waals surface area contributed by atoms with Crippen molar-refractivity contribution in [3.8, 4) is 0 Å². The van der Waals surface area contributed by atoms with Gasteiger partial charge < -0.3 is 20.8 Å². The minimum absolute atomic E-state index is 0.0306. The Morgan fingerprint density at radius 2 is 1.91 bits per heavy atom. The molecular formula is C22H30F3N5O3S. The predicted octanol–water partition coefficient (Wildman–Crippen LogP) is 5.26. The van der Waals surface area contributed by atoms with Gasteiger partial charge in [0.2, 0.25) is 11.0 Å². The van der Waals surface area contributed by atoms with E-state index in [9.17, 15) is 23.1 Å². The van der Waals surface area contributed by atoms with Crippen LogP contribution >= 0.6 is 11.5 Å². The van der Waals surface area contributed by atoms with E-state index in [2.05, 4.69) is 38.8 Å². The maximum absolute atomic E-state index is 13.0. The zero-order chi connectivity index (χ0) is 25.0. The third kappa shape index (κ3) is 6.78. The number of carboxylic acids is 1. The first-order valence-corrected chi connectivity index (χ1v) is 12.1. The van der Waals surface area contributed by atoms with E-state index < -0.39 is 18.0 Å². The van der Waals surface area contributed by atoms with Crippen molar-refractivity contribution in [3.05, 3.63) is 23.7 Å². The molecule has 2 aromatic rings. The Labute approximate surface area is 200 Å². The number of rotatable bonds is 9. The van der Waals surface area contributed by atoms with E-state index in [0.717, 1.165) is 25.7 Å². The van der Waals surface area contributed by atoms with Crippen LogP contribution in [-0.4, -0.2) is 42.7 Å². The fourth-order valence-corrected chi connectivity index (χ4v) is 4.89. The molecule has 12 heteroatoms. The van der Waals surface area contributed by atoms with Gasteiger partial charge in [0.05, 0.1) is 18.2 Å². The number of aliphatic carboxylic acids is 1. The summed E-state index contributed by atoms with van der Waals surface area (Å²) in [6.45, 7) is 5.91. The number of halogens is 3. The van der Waals surface area contributed by atoms with Crippen LogP contribution in [0, 0.1) is 11.8 Å². The largest absolute Gasteiger partial charge is 0.481 e. The van der Waals surface area contributed by atoms with Gasteiger partial charge in [-0.3, -0.25) is 4.79 Å². The number of anilines is 3. The standard InChI is InChI=1S/C22H30F3N5O3S/c1-11(2)18(13-4-6-15(31)7-5-13)28-19-16(9-14(10-26-19)12(3)8-17(32)33)27-21-29-20(30-34-21)22(23,24)25/h9-13,15,18,31H,4-8H2,1-3H3,(H,26,28)(H,32,33)(H,27,29,30)/t12-,13?,15?,18-/m1/s1. The first-order valence-electron chi connectivity index (χ1n) is 11.3. The van der Waals surface area contributed by atoms with E-state index in [1.807, 2.05) is 0 Å². The van der Waals surface area contributed by atoms with Crippen LogP contribution in [0.5, 0.6) is 0 Å². The molecule has 0 radical (unpaired) electrons. The topological polar surface area (TPSA) is 120 Å². The fraction of sp³-hybridized carbons (Fsp3) is 0.636. The molecule has 1 saturated carbocycles. The van der Waals surface area contributed by atoms with Crippen LogP contribution in [0.15, 0.2) is 12.3 Å². The van der Waals surface area contributed by atoms with E-state index in [1.54, 1.807) is 19.2 Å². The molecule has 0 spiro atoms. The summed E-state index contributed by atoms with van der Waals surface area (Å²) < 4.78 is 42.3. The number of nitrogens with one attached hydrogen (secondary N) is 2. The van der Waals surface area contributed by atoms with Crippen molar-refractivity contribution in [2.24, 2.45) is 11.8 Å². The van der Waals surface area contributed by atoms with Gasteiger partial charge in [-0.05, 0) is 55.1 Å². The van der Waals surface area contributed by atoms with E-state index in [-0.39, 0.29) is 35.5 Å². The molecular weight excluding hydrogens is 471 g/mol. The van der Waals surface area contributed by atoms with Gasteiger partial charge in [-0.15, -0.1) is 0 Å². The number of pyridine rings is 1. The Kier molecular flexibility index (Phi) is 8.34. The Bertz CT molecular complexity index is 977. The second-order valence-corrected chi connectivity index (χ2v) is 9.94. The molecule has 188 valence electrons. The zero-order valence-electron chi connectivity index (χ0n) is 19.3. The van der Waals surface area contributed by atoms with Crippen LogP contribution in [0.25, 0.3) is 0 Å². The lowest BCUT2D eigenvalue weighted by Gasteiger charge is -2.36. The van der Waals surface area contributed by atoms with Crippen LogP contribution in [0.2, 0.25) is 0 Å². The highest BCUT2D eigenvalue weighted by Gasteiger charge is 2.36. The van der Waals surface area contributed by atoms with E-state index in [4.69, 9.17) is 5.11 Å². The van der Waals surface area contributed by atoms with Gasteiger partial charge in [0.15, 0.2) is 0 Å². The molecule has 2 heterocycles. The van der Waals surface area contributed by atoms with Gasteiger partial charge in [0, 0.05) is 23.8 Å². The summed E-state index contributed by atoms with van der Waals surface area (Å²) >= 11 is 0.589. The van der Waals surface area contributed by atoms with Crippen LogP contribution in [-0.2, 0) is 11.0 Å². The van der Waals surface area contributed by atoms with Gasteiger partial charge in [0.1, 0.15) is 5.82 Å². The Balaban J connectivity index is 1.91. The maximum atomic E-state index is 13.0. The van der Waals surface area contributed by atoms with Gasteiger partial charge in [-0.2, -0.15) is 22.5 Å². The molecule has 0 bridgehead atoms. The molecule has 1 fully saturated rings. The Hall–Kier alpha value is -2.47. The Morgan fingerprint density at radius 3 is 2.47 bits per heavy atom. The van der Waals surface area contributed by atoms with Crippen LogP contribution in [0.3, 0.4) is 0 Å². The number of nitrogens with zero attached hydrogens (tertiary/aromatic N) is 3. The first kappa shape index (κ1) is 26.1. The number of aliphatic hydroxyl groups excluding tert-OH is 1. The average molecular weight is 502 g/mol. The quantitative estimate of drug-likeness (QED) is 0.367. The lowest BCUT2D eigenvalue weighted by molar-refractivity contribution is -0.144. The van der Waals surface area contributed by atoms with E-state index in [0.29, 0.717) is 34.5 Å². The zero-order valence-corrected chi connectivity index (χ0v) is 20.1. The number of hydrogen-bond acceptors (Lipinski definition) is 8. The first-order chi connectivity index (χ1) is 15.9. The number of alkyl halides is 3. The molecule has 4 N–H and O–H groups in total. The van der Waals surface area contributed by atoms with E-state index in [1.165, 1.54) is 0 Å². The number of carboxylic acid groups (broad SMARTS) is 1. The van der Waals surface area contributed by atoms with Crippen molar-refractivity contribution >= 4 is 34.1 Å². The van der Waals surface area contributed by atoms with Gasteiger partial charge in [-0.1, -0.05) is 20.8 Å². The highest BCUT2D eigenvalue weighted by atomic mass is 32.1. The molecule has 8 nitrogen and oxygen atoms in total. The summed E-state index contributed by atoms with van der Waals surface area (Å²) in [4.78, 5) is 19.2. The van der Waals surface area contributed by atoms with Crippen LogP contribution in [0.4, 0.5) is 29.8 Å². The predicted molar refractivity (Wildman–Crippen MR) is 123 cm³/mol. The number of carbonyl (C=O) groups is 1. The molecule has 0 unspecified atom stereocenters. The van der Waals surface area contributed by atoms with Crippen molar-refractivity contribution in [2.75, 3.05) is 10.6 Å². The summed E-state index contributed by atoms with van der Waals surface area (Å²) in [7, 11) is 0. The minimum Gasteiger partial charge on any atom is -0.481 e. The number of hydrogen-bond donors (Lipinski definition) is 4. The SMILES string of the molecule is CC(C)[C@@H](Nc1ncc([C@H](C)CC(=O)O)cc1Nc1nc(C(F)(F)F)ns1)C1CCC(O)CC1. The van der Waals surface area contributed by atoms with Gasteiger partial charge in [-0.25, -0.2) is 4.98 Å². The molecule has 3 rings (SSSR count). The van der Waals surface area contributed by atoms with Crippen molar-refractivity contribution in [1.82, 2.24) is 14.3 Å². The summed E-state index contributed by atoms with van der Waals surface area (Å²) in [5.74, 6) is -1.54. The molecule has 0 aliphatic heterocycles. The second-order valence-electron chi connectivity index (χ2n) is 9.19. The third-order valence-electron chi connectivity index (χ3n) is 6.15. The lowest BCUT2D eigenvalue weighted by Crippen LogP contribution is -2.37. The maximum Gasteiger partial charge on any atom is 0.452 e. The molecule has 2 aromatic heterocycles. The highest BCUT2D eigenvalue weighted by molar-refractivity contribution is 7.09. The van der Waals surface area contributed by atoms with Crippen LogP contribution < -0.4 is 10.6 Å². The Morgan fingerprint density at radius 1 is 1.24 bits per heavy atom. The van der Waals surface area contributed by atoms with Crippen molar-refractivity contribution in [2.45, 2.75) is 77.1 Å². The third-order valence-corrected chi connectivity index (χ3v) is 6.78. The summed E-state index contributed by atoms with van der Waals surface area (Å²) in [6.07, 6.45) is -0.279. The molecule has 1 aliphatic rings. The molecule has 34 heavy (non-hydrogen) atoms. The normalized spacial score (nSPS) is 20.7. The molecule has 1 aliphatic carbocycles. The lowest BCUT2D eigenvalue weighted by atomic mass is 9.78. The average Bonchev–Trinajstić information content (AvgIpc) is 3.22. The highest BCUT2D eigenvalue weighted by Crippen LogP contribution is 2.36. The number of aromatic nitrogens is 3. The van der Waals surface area contributed by atoms with Crippen LogP contribution in [0.1, 0.15) is 70.2 Å².